The molecule has 1 aromatic carbocycles. The van der Waals surface area contributed by atoms with Crippen LogP contribution in [0.15, 0.2) is 24.3 Å². The van der Waals surface area contributed by atoms with Gasteiger partial charge < -0.3 is 5.32 Å². The summed E-state index contributed by atoms with van der Waals surface area (Å²) in [5, 5.41) is 4.66. The van der Waals surface area contributed by atoms with Gasteiger partial charge in [0.1, 0.15) is 5.01 Å². The summed E-state index contributed by atoms with van der Waals surface area (Å²) in [5.41, 5.74) is 3.93. The van der Waals surface area contributed by atoms with Crippen LogP contribution in [0.25, 0.3) is 10.6 Å². The highest BCUT2D eigenvalue weighted by atomic mass is 32.1. The van der Waals surface area contributed by atoms with Gasteiger partial charge in [0.15, 0.2) is 0 Å². The van der Waals surface area contributed by atoms with Crippen LogP contribution in [0.4, 0.5) is 0 Å². The van der Waals surface area contributed by atoms with Gasteiger partial charge in [0, 0.05) is 29.4 Å². The van der Waals surface area contributed by atoms with Gasteiger partial charge in [0.05, 0.1) is 5.69 Å². The molecule has 1 aliphatic heterocycles. The Balaban J connectivity index is 1.92. The Morgan fingerprint density at radius 3 is 2.83 bits per heavy atom. The molecule has 0 saturated carbocycles. The number of aromatic nitrogens is 1. The molecule has 1 aliphatic rings. The molecule has 94 valence electrons. The molecule has 2 nitrogen and oxygen atoms in total. The maximum Gasteiger partial charge on any atom is 0.123 e. The van der Waals surface area contributed by atoms with Crippen LogP contribution in [0.3, 0.4) is 0 Å². The third-order valence-electron chi connectivity index (χ3n) is 3.50. The highest BCUT2D eigenvalue weighted by Gasteiger charge is 2.19. The maximum absolute atomic E-state index is 4.81. The predicted octanol–water partition coefficient (Wildman–Crippen LogP) is 3.41. The molecular weight excluding hydrogens is 240 g/mol. The van der Waals surface area contributed by atoms with Crippen molar-refractivity contribution in [2.24, 2.45) is 0 Å². The van der Waals surface area contributed by atoms with Crippen molar-refractivity contribution in [1.29, 1.82) is 0 Å². The molecule has 1 atom stereocenters. The maximum atomic E-state index is 4.81. The fourth-order valence-corrected chi connectivity index (χ4v) is 3.36. The lowest BCUT2D eigenvalue weighted by Gasteiger charge is -2.18. The van der Waals surface area contributed by atoms with Crippen LogP contribution in [0, 0.1) is 0 Å². The van der Waals surface area contributed by atoms with E-state index in [0.29, 0.717) is 6.04 Å². The van der Waals surface area contributed by atoms with Gasteiger partial charge in [0.25, 0.3) is 0 Å². The second-order valence-electron chi connectivity index (χ2n) is 4.93. The van der Waals surface area contributed by atoms with Crippen molar-refractivity contribution >= 4 is 11.3 Å². The summed E-state index contributed by atoms with van der Waals surface area (Å²) in [5.74, 6) is 0. The molecule has 0 aliphatic carbocycles. The van der Waals surface area contributed by atoms with E-state index < -0.39 is 0 Å². The fraction of sp³-hybridized carbons (Fsp3) is 0.400. The summed E-state index contributed by atoms with van der Waals surface area (Å²) < 4.78 is 0. The zero-order valence-corrected chi connectivity index (χ0v) is 11.7. The molecule has 0 radical (unpaired) electrons. The van der Waals surface area contributed by atoms with E-state index in [1.807, 2.05) is 11.3 Å². The van der Waals surface area contributed by atoms with Gasteiger partial charge in [-0.3, -0.25) is 0 Å². The minimum absolute atomic E-state index is 0.551. The van der Waals surface area contributed by atoms with Crippen molar-refractivity contribution in [3.05, 3.63) is 40.4 Å². The quantitative estimate of drug-likeness (QED) is 0.893. The third-order valence-corrected chi connectivity index (χ3v) is 4.64. The Bertz CT molecular complexity index is 542. The van der Waals surface area contributed by atoms with Crippen molar-refractivity contribution < 1.29 is 0 Å². The van der Waals surface area contributed by atoms with Crippen LogP contribution in [0.5, 0.6) is 0 Å². The second-order valence-corrected chi connectivity index (χ2v) is 6.01. The molecule has 1 unspecified atom stereocenters. The van der Waals surface area contributed by atoms with Crippen molar-refractivity contribution in [2.75, 3.05) is 0 Å². The lowest BCUT2D eigenvalue weighted by Crippen LogP contribution is -2.32. The van der Waals surface area contributed by atoms with Crippen molar-refractivity contribution in [3.63, 3.8) is 0 Å². The Hall–Kier alpha value is -1.19. The minimum Gasteiger partial charge on any atom is -0.309 e. The number of benzene rings is 1. The number of thiazole rings is 1. The molecule has 0 fully saturated rings. The van der Waals surface area contributed by atoms with Crippen molar-refractivity contribution in [3.8, 4) is 10.6 Å². The average Bonchev–Trinajstić information content (AvgIpc) is 2.81. The number of nitrogens with one attached hydrogen (secondary N) is 1. The highest BCUT2D eigenvalue weighted by Crippen LogP contribution is 2.30. The van der Waals surface area contributed by atoms with E-state index in [1.54, 1.807) is 0 Å². The smallest absolute Gasteiger partial charge is 0.123 e. The molecule has 2 heterocycles. The standard InChI is InChI=1S/C15H18N2S/c1-3-11-4-6-12(7-5-11)15-17-13-8-10(2)16-9-14(13)18-15/h4-7,10,16H,3,8-9H2,1-2H3. The van der Waals surface area contributed by atoms with Gasteiger partial charge in [-0.1, -0.05) is 31.2 Å². The molecule has 0 saturated heterocycles. The Kier molecular flexibility index (Phi) is 3.18. The summed E-state index contributed by atoms with van der Waals surface area (Å²) >= 11 is 1.83. The first-order chi connectivity index (χ1) is 8.76. The topological polar surface area (TPSA) is 24.9 Å². The molecule has 3 rings (SSSR count). The Morgan fingerprint density at radius 2 is 2.11 bits per heavy atom. The van der Waals surface area contributed by atoms with Crippen LogP contribution >= 0.6 is 11.3 Å². The van der Waals surface area contributed by atoms with E-state index in [2.05, 4.69) is 43.4 Å². The normalized spacial score (nSPS) is 18.7. The van der Waals surface area contributed by atoms with Gasteiger partial charge >= 0.3 is 0 Å². The van der Waals surface area contributed by atoms with E-state index in [-0.39, 0.29) is 0 Å². The van der Waals surface area contributed by atoms with Gasteiger partial charge in [-0.05, 0) is 18.9 Å². The molecule has 1 N–H and O–H groups in total. The lowest BCUT2D eigenvalue weighted by molar-refractivity contribution is 0.513. The van der Waals surface area contributed by atoms with Gasteiger partial charge in [-0.25, -0.2) is 4.98 Å². The number of aryl methyl sites for hydroxylation is 1. The van der Waals surface area contributed by atoms with E-state index in [0.717, 1.165) is 19.4 Å². The molecule has 3 heteroatoms. The number of hydrogen-bond donors (Lipinski definition) is 1. The summed E-state index contributed by atoms with van der Waals surface area (Å²) in [4.78, 5) is 6.21. The predicted molar refractivity (Wildman–Crippen MR) is 76.9 cm³/mol. The zero-order chi connectivity index (χ0) is 12.5. The molecule has 2 aromatic rings. The largest absolute Gasteiger partial charge is 0.309 e. The molecule has 0 amide bonds. The lowest BCUT2D eigenvalue weighted by atomic mass is 10.1. The van der Waals surface area contributed by atoms with Gasteiger partial charge in [-0.2, -0.15) is 0 Å². The van der Waals surface area contributed by atoms with Crippen LogP contribution in [0.2, 0.25) is 0 Å². The fourth-order valence-electron chi connectivity index (χ4n) is 2.32. The second kappa shape index (κ2) is 4.82. The number of hydrogen-bond acceptors (Lipinski definition) is 3. The van der Waals surface area contributed by atoms with Gasteiger partial charge in [-0.15, -0.1) is 11.3 Å². The first kappa shape index (κ1) is 11.9. The van der Waals surface area contributed by atoms with Crippen LogP contribution in [0.1, 0.15) is 30.0 Å². The molecule has 0 spiro atoms. The van der Waals surface area contributed by atoms with Crippen molar-refractivity contribution in [1.82, 2.24) is 10.3 Å². The first-order valence-electron chi connectivity index (χ1n) is 6.57. The van der Waals surface area contributed by atoms with Gasteiger partial charge in [0.2, 0.25) is 0 Å². The number of nitrogens with zero attached hydrogens (tertiary/aromatic N) is 1. The van der Waals surface area contributed by atoms with E-state index >= 15 is 0 Å². The molecule has 0 bridgehead atoms. The average molecular weight is 258 g/mol. The Labute approximate surface area is 112 Å². The SMILES string of the molecule is CCc1ccc(-c2nc3c(s2)CNC(C)C3)cc1. The van der Waals surface area contributed by atoms with Crippen LogP contribution in [-0.4, -0.2) is 11.0 Å². The number of fused-ring (bicyclic) bond motifs is 1. The molecule has 18 heavy (non-hydrogen) atoms. The van der Waals surface area contributed by atoms with E-state index in [9.17, 15) is 0 Å². The molecule has 1 aromatic heterocycles. The third kappa shape index (κ3) is 2.20. The number of rotatable bonds is 2. The Morgan fingerprint density at radius 1 is 1.33 bits per heavy atom. The van der Waals surface area contributed by atoms with Crippen LogP contribution in [-0.2, 0) is 19.4 Å². The van der Waals surface area contributed by atoms with E-state index in [4.69, 9.17) is 4.98 Å². The zero-order valence-electron chi connectivity index (χ0n) is 10.9. The van der Waals surface area contributed by atoms with Crippen LogP contribution < -0.4 is 5.32 Å². The highest BCUT2D eigenvalue weighted by molar-refractivity contribution is 7.15. The summed E-state index contributed by atoms with van der Waals surface area (Å²) in [6, 6.07) is 9.35. The van der Waals surface area contributed by atoms with Crippen molar-refractivity contribution in [2.45, 2.75) is 39.3 Å². The first-order valence-corrected chi connectivity index (χ1v) is 7.39. The van der Waals surface area contributed by atoms with E-state index in [1.165, 1.54) is 26.7 Å². The summed E-state index contributed by atoms with van der Waals surface area (Å²) in [7, 11) is 0. The minimum atomic E-state index is 0.551. The molecular formula is C15H18N2S. The monoisotopic (exact) mass is 258 g/mol. The summed E-state index contributed by atoms with van der Waals surface area (Å²) in [6.07, 6.45) is 2.15. The summed E-state index contributed by atoms with van der Waals surface area (Å²) in [6.45, 7) is 5.38.